The summed E-state index contributed by atoms with van der Waals surface area (Å²) in [7, 11) is -3.55. The van der Waals surface area contributed by atoms with E-state index >= 15 is 0 Å². The first-order valence-corrected chi connectivity index (χ1v) is 13.0. The molecular weight excluding hydrogens is 462 g/mol. The number of carbonyl (C=O) groups is 1. The Morgan fingerprint density at radius 1 is 1.12 bits per heavy atom. The second kappa shape index (κ2) is 10.9. The Bertz CT molecular complexity index is 1190. The number of sulfonamides is 1. The SMILES string of the molecule is Cc1ccc(CC(O)c2ccc(N(CCOCc3cccc(C(=O)O)c3)S(C)(=O)=O)cc2)s1. The molecule has 9 heteroatoms. The normalized spacial score (nSPS) is 12.5. The monoisotopic (exact) mass is 489 g/mol. The van der Waals surface area contributed by atoms with Crippen LogP contribution in [-0.4, -0.2) is 44.0 Å². The summed E-state index contributed by atoms with van der Waals surface area (Å²) in [6.07, 6.45) is 0.962. The molecule has 1 atom stereocenters. The van der Waals surface area contributed by atoms with Gasteiger partial charge >= 0.3 is 5.97 Å². The van der Waals surface area contributed by atoms with E-state index in [2.05, 4.69) is 0 Å². The third-order valence-corrected chi connectivity index (χ3v) is 7.26. The molecule has 0 aliphatic heterocycles. The molecule has 0 saturated heterocycles. The van der Waals surface area contributed by atoms with E-state index in [1.165, 1.54) is 21.3 Å². The molecule has 0 aliphatic carbocycles. The Kier molecular flexibility index (Phi) is 8.25. The number of aliphatic hydroxyl groups is 1. The predicted octanol–water partition coefficient (Wildman–Crippen LogP) is 4.01. The maximum absolute atomic E-state index is 12.3. The van der Waals surface area contributed by atoms with Crippen molar-refractivity contribution in [1.82, 2.24) is 0 Å². The lowest BCUT2D eigenvalue weighted by atomic mass is 10.1. The number of thiophene rings is 1. The standard InChI is InChI=1S/C24H27NO6S2/c1-17-6-11-22(32-17)15-23(26)19-7-9-21(10-8-19)25(33(2,29)30)12-13-31-16-18-4-3-5-20(14-18)24(27)28/h3-11,14,23,26H,12-13,15-16H2,1-2H3,(H,27,28). The van der Waals surface area contributed by atoms with Gasteiger partial charge < -0.3 is 14.9 Å². The van der Waals surface area contributed by atoms with Crippen LogP contribution in [0.4, 0.5) is 5.69 Å². The van der Waals surface area contributed by atoms with Crippen molar-refractivity contribution in [2.45, 2.75) is 26.1 Å². The summed E-state index contributed by atoms with van der Waals surface area (Å²) in [5.74, 6) is -1.01. The lowest BCUT2D eigenvalue weighted by Crippen LogP contribution is -2.33. The molecule has 0 bridgehead atoms. The maximum atomic E-state index is 12.3. The molecule has 3 aromatic rings. The topological polar surface area (TPSA) is 104 Å². The Balaban J connectivity index is 1.60. The molecule has 1 unspecified atom stereocenters. The van der Waals surface area contributed by atoms with Crippen LogP contribution in [0.3, 0.4) is 0 Å². The van der Waals surface area contributed by atoms with E-state index in [9.17, 15) is 18.3 Å². The Morgan fingerprint density at radius 2 is 1.85 bits per heavy atom. The molecule has 0 aliphatic rings. The fourth-order valence-electron chi connectivity index (χ4n) is 3.38. The Labute approximate surface area is 197 Å². The third-order valence-electron chi connectivity index (χ3n) is 5.04. The second-order valence-electron chi connectivity index (χ2n) is 7.72. The minimum Gasteiger partial charge on any atom is -0.478 e. The highest BCUT2D eigenvalue weighted by molar-refractivity contribution is 7.92. The molecule has 0 amide bonds. The van der Waals surface area contributed by atoms with Gasteiger partial charge in [-0.3, -0.25) is 4.31 Å². The molecule has 0 radical (unpaired) electrons. The van der Waals surface area contributed by atoms with E-state index in [-0.39, 0.29) is 25.3 Å². The molecule has 0 saturated carbocycles. The number of anilines is 1. The van der Waals surface area contributed by atoms with Crippen molar-refractivity contribution in [3.05, 3.63) is 87.1 Å². The van der Waals surface area contributed by atoms with Crippen LogP contribution < -0.4 is 4.31 Å². The van der Waals surface area contributed by atoms with Crippen molar-refractivity contribution in [3.63, 3.8) is 0 Å². The van der Waals surface area contributed by atoms with Gasteiger partial charge in [0.05, 0.1) is 43.4 Å². The number of carboxylic acids is 1. The zero-order valence-electron chi connectivity index (χ0n) is 18.5. The molecular formula is C24H27NO6S2. The molecule has 2 aromatic carbocycles. The number of aryl methyl sites for hydroxylation is 1. The molecule has 1 heterocycles. The quantitative estimate of drug-likeness (QED) is 0.395. The van der Waals surface area contributed by atoms with Gasteiger partial charge in [-0.15, -0.1) is 11.3 Å². The average Bonchev–Trinajstić information content (AvgIpc) is 3.17. The number of aliphatic hydroxyl groups excluding tert-OH is 1. The van der Waals surface area contributed by atoms with Gasteiger partial charge in [-0.05, 0) is 54.4 Å². The number of benzene rings is 2. The second-order valence-corrected chi connectivity index (χ2v) is 11.0. The number of aromatic carboxylic acids is 1. The van der Waals surface area contributed by atoms with E-state index in [1.807, 2.05) is 19.1 Å². The van der Waals surface area contributed by atoms with Gasteiger partial charge in [0.2, 0.25) is 10.0 Å². The van der Waals surface area contributed by atoms with Gasteiger partial charge in [0, 0.05) is 16.2 Å². The van der Waals surface area contributed by atoms with E-state index in [0.29, 0.717) is 23.2 Å². The fraction of sp³-hybridized carbons (Fsp3) is 0.292. The van der Waals surface area contributed by atoms with Crippen LogP contribution in [0.2, 0.25) is 0 Å². The van der Waals surface area contributed by atoms with E-state index in [1.54, 1.807) is 47.7 Å². The summed E-state index contributed by atoms with van der Waals surface area (Å²) in [4.78, 5) is 13.3. The first-order chi connectivity index (χ1) is 15.6. The molecule has 0 spiro atoms. The Morgan fingerprint density at radius 3 is 2.45 bits per heavy atom. The third kappa shape index (κ3) is 7.13. The largest absolute Gasteiger partial charge is 0.478 e. The summed E-state index contributed by atoms with van der Waals surface area (Å²) >= 11 is 1.64. The van der Waals surface area contributed by atoms with Crippen molar-refractivity contribution >= 4 is 33.0 Å². The minimum absolute atomic E-state index is 0.105. The van der Waals surface area contributed by atoms with Crippen molar-refractivity contribution in [3.8, 4) is 0 Å². The van der Waals surface area contributed by atoms with Crippen LogP contribution in [0, 0.1) is 6.92 Å². The van der Waals surface area contributed by atoms with E-state index < -0.39 is 22.1 Å². The van der Waals surface area contributed by atoms with Crippen LogP contribution in [0.1, 0.15) is 37.3 Å². The first kappa shape index (κ1) is 24.9. The number of ether oxygens (including phenoxy) is 1. The summed E-state index contributed by atoms with van der Waals surface area (Å²) in [6, 6.07) is 17.3. The van der Waals surface area contributed by atoms with Gasteiger partial charge in [0.15, 0.2) is 0 Å². The lowest BCUT2D eigenvalue weighted by molar-refractivity contribution is 0.0696. The van der Waals surface area contributed by atoms with Crippen LogP contribution in [0.15, 0.2) is 60.7 Å². The lowest BCUT2D eigenvalue weighted by Gasteiger charge is -2.23. The number of hydrogen-bond donors (Lipinski definition) is 2. The van der Waals surface area contributed by atoms with E-state index in [4.69, 9.17) is 9.84 Å². The highest BCUT2D eigenvalue weighted by Gasteiger charge is 2.18. The van der Waals surface area contributed by atoms with E-state index in [0.717, 1.165) is 11.1 Å². The highest BCUT2D eigenvalue weighted by atomic mass is 32.2. The summed E-state index contributed by atoms with van der Waals surface area (Å²) < 4.78 is 31.5. The summed E-state index contributed by atoms with van der Waals surface area (Å²) in [6.45, 7) is 2.43. The van der Waals surface area contributed by atoms with Gasteiger partial charge in [-0.25, -0.2) is 13.2 Å². The van der Waals surface area contributed by atoms with Gasteiger partial charge in [0.25, 0.3) is 0 Å². The molecule has 2 N–H and O–H groups in total. The number of rotatable bonds is 11. The van der Waals surface area contributed by atoms with Crippen LogP contribution in [0.25, 0.3) is 0 Å². The van der Waals surface area contributed by atoms with Gasteiger partial charge in [0.1, 0.15) is 0 Å². The Hall–Kier alpha value is -2.72. The highest BCUT2D eigenvalue weighted by Crippen LogP contribution is 2.26. The molecule has 0 fully saturated rings. The molecule has 1 aromatic heterocycles. The predicted molar refractivity (Wildman–Crippen MR) is 129 cm³/mol. The number of nitrogens with zero attached hydrogens (tertiary/aromatic N) is 1. The summed E-state index contributed by atoms with van der Waals surface area (Å²) in [5.41, 5.74) is 2.06. The summed E-state index contributed by atoms with van der Waals surface area (Å²) in [5, 5.41) is 19.6. The average molecular weight is 490 g/mol. The molecule has 7 nitrogen and oxygen atoms in total. The number of hydrogen-bond acceptors (Lipinski definition) is 6. The maximum Gasteiger partial charge on any atom is 0.335 e. The van der Waals surface area contributed by atoms with Crippen LogP contribution >= 0.6 is 11.3 Å². The molecule has 3 rings (SSSR count). The zero-order valence-corrected chi connectivity index (χ0v) is 20.1. The molecule has 176 valence electrons. The van der Waals surface area contributed by atoms with Crippen molar-refractivity contribution in [1.29, 1.82) is 0 Å². The minimum atomic E-state index is -3.55. The zero-order chi connectivity index (χ0) is 24.0. The van der Waals surface area contributed by atoms with Crippen molar-refractivity contribution in [2.24, 2.45) is 0 Å². The first-order valence-electron chi connectivity index (χ1n) is 10.3. The van der Waals surface area contributed by atoms with Crippen LogP contribution in [-0.2, 0) is 27.8 Å². The number of carboxylic acid groups (broad SMARTS) is 1. The van der Waals surface area contributed by atoms with Gasteiger partial charge in [-0.2, -0.15) is 0 Å². The molecule has 33 heavy (non-hydrogen) atoms. The van der Waals surface area contributed by atoms with Crippen LogP contribution in [0.5, 0.6) is 0 Å². The van der Waals surface area contributed by atoms with Crippen molar-refractivity contribution in [2.75, 3.05) is 23.7 Å². The smallest absolute Gasteiger partial charge is 0.335 e. The fourth-order valence-corrected chi connectivity index (χ4v) is 5.22. The van der Waals surface area contributed by atoms with Gasteiger partial charge in [-0.1, -0.05) is 24.3 Å². The van der Waals surface area contributed by atoms with Crippen molar-refractivity contribution < 1.29 is 28.2 Å².